The molecule has 1 aromatic carbocycles. The first kappa shape index (κ1) is 10.6. The number of hydrogen-bond acceptors (Lipinski definition) is 2. The standard InChI is InChI=1S/C11H9ClFNS/c12-7-3-1-4-8(13)10(7)11(14)9-5-2-6-15-9/h1-6,11H,14H2/t11-/m0/s1. The molecule has 0 unspecified atom stereocenters. The molecule has 0 aliphatic heterocycles. The van der Waals surface area contributed by atoms with Gasteiger partial charge >= 0.3 is 0 Å². The van der Waals surface area contributed by atoms with Gasteiger partial charge in [0, 0.05) is 15.5 Å². The van der Waals surface area contributed by atoms with Gasteiger partial charge in [-0.2, -0.15) is 0 Å². The maximum atomic E-state index is 13.5. The Bertz CT molecular complexity index is 435. The number of rotatable bonds is 2. The second-order valence-corrected chi connectivity index (χ2v) is 4.51. The lowest BCUT2D eigenvalue weighted by Crippen LogP contribution is -2.12. The summed E-state index contributed by atoms with van der Waals surface area (Å²) in [4.78, 5) is 0.905. The Morgan fingerprint density at radius 3 is 2.67 bits per heavy atom. The van der Waals surface area contributed by atoms with E-state index in [0.29, 0.717) is 10.6 Å². The zero-order valence-corrected chi connectivity index (χ0v) is 9.36. The molecule has 1 nitrogen and oxygen atoms in total. The fourth-order valence-corrected chi connectivity index (χ4v) is 2.43. The zero-order valence-electron chi connectivity index (χ0n) is 7.78. The van der Waals surface area contributed by atoms with Gasteiger partial charge in [0.25, 0.3) is 0 Å². The topological polar surface area (TPSA) is 26.0 Å². The minimum atomic E-state index is -0.487. The highest BCUT2D eigenvalue weighted by atomic mass is 35.5. The summed E-state index contributed by atoms with van der Waals surface area (Å²) in [5.41, 5.74) is 6.31. The summed E-state index contributed by atoms with van der Waals surface area (Å²) in [6, 6.07) is 7.86. The van der Waals surface area contributed by atoms with Gasteiger partial charge in [-0.25, -0.2) is 4.39 Å². The Morgan fingerprint density at radius 1 is 1.27 bits per heavy atom. The molecule has 0 saturated carbocycles. The van der Waals surface area contributed by atoms with Gasteiger partial charge in [0.1, 0.15) is 5.82 Å². The maximum Gasteiger partial charge on any atom is 0.129 e. The van der Waals surface area contributed by atoms with E-state index in [1.165, 1.54) is 17.4 Å². The normalized spacial score (nSPS) is 12.7. The van der Waals surface area contributed by atoms with Gasteiger partial charge < -0.3 is 5.73 Å². The molecule has 78 valence electrons. The molecule has 2 aromatic rings. The molecule has 0 fully saturated rings. The summed E-state index contributed by atoms with van der Waals surface area (Å²) in [7, 11) is 0. The summed E-state index contributed by atoms with van der Waals surface area (Å²) in [5.74, 6) is -0.358. The van der Waals surface area contributed by atoms with E-state index in [9.17, 15) is 4.39 Å². The largest absolute Gasteiger partial charge is 0.319 e. The minimum absolute atomic E-state index is 0.358. The Labute approximate surface area is 96.3 Å². The lowest BCUT2D eigenvalue weighted by molar-refractivity contribution is 0.601. The number of thiophene rings is 1. The summed E-state index contributed by atoms with van der Waals surface area (Å²) < 4.78 is 13.5. The van der Waals surface area contributed by atoms with Crippen molar-refractivity contribution < 1.29 is 4.39 Å². The summed E-state index contributed by atoms with van der Waals surface area (Å²) >= 11 is 7.42. The predicted octanol–water partition coefficient (Wildman–Crippen LogP) is 3.59. The first-order valence-corrected chi connectivity index (χ1v) is 5.69. The van der Waals surface area contributed by atoms with Crippen molar-refractivity contribution in [2.45, 2.75) is 6.04 Å². The van der Waals surface area contributed by atoms with Crippen LogP contribution in [0.1, 0.15) is 16.5 Å². The molecular weight excluding hydrogens is 233 g/mol. The SMILES string of the molecule is N[C@@H](c1cccs1)c1c(F)cccc1Cl. The number of hydrogen-bond donors (Lipinski definition) is 1. The molecule has 0 aliphatic carbocycles. The van der Waals surface area contributed by atoms with E-state index in [0.717, 1.165) is 4.88 Å². The van der Waals surface area contributed by atoms with Crippen molar-refractivity contribution in [1.29, 1.82) is 0 Å². The second-order valence-electron chi connectivity index (χ2n) is 3.13. The first-order chi connectivity index (χ1) is 7.20. The second kappa shape index (κ2) is 4.31. The minimum Gasteiger partial charge on any atom is -0.319 e. The van der Waals surface area contributed by atoms with Crippen LogP contribution >= 0.6 is 22.9 Å². The fraction of sp³-hybridized carbons (Fsp3) is 0.0909. The van der Waals surface area contributed by atoms with E-state index in [4.69, 9.17) is 17.3 Å². The number of benzene rings is 1. The van der Waals surface area contributed by atoms with Gasteiger partial charge in [0.05, 0.1) is 6.04 Å². The van der Waals surface area contributed by atoms with Gasteiger partial charge in [-0.1, -0.05) is 23.7 Å². The highest BCUT2D eigenvalue weighted by Gasteiger charge is 2.17. The van der Waals surface area contributed by atoms with Crippen LogP contribution in [0.5, 0.6) is 0 Å². The van der Waals surface area contributed by atoms with Crippen LogP contribution in [-0.4, -0.2) is 0 Å². The molecule has 4 heteroatoms. The molecule has 0 spiro atoms. The van der Waals surface area contributed by atoms with Crippen LogP contribution in [0.15, 0.2) is 35.7 Å². The van der Waals surface area contributed by atoms with Crippen molar-refractivity contribution in [2.75, 3.05) is 0 Å². The Kier molecular flexibility index (Phi) is 3.05. The molecule has 1 aromatic heterocycles. The van der Waals surface area contributed by atoms with E-state index >= 15 is 0 Å². The van der Waals surface area contributed by atoms with Crippen molar-refractivity contribution in [2.24, 2.45) is 5.73 Å². The third-order valence-corrected chi connectivity index (χ3v) is 3.45. The molecule has 0 aliphatic rings. The molecule has 2 N–H and O–H groups in total. The van der Waals surface area contributed by atoms with Crippen LogP contribution in [0.3, 0.4) is 0 Å². The quantitative estimate of drug-likeness (QED) is 0.855. The van der Waals surface area contributed by atoms with Crippen molar-refractivity contribution in [3.63, 3.8) is 0 Å². The molecular formula is C11H9ClFNS. The molecule has 15 heavy (non-hydrogen) atoms. The highest BCUT2D eigenvalue weighted by molar-refractivity contribution is 7.10. The first-order valence-electron chi connectivity index (χ1n) is 4.43. The van der Waals surface area contributed by atoms with Gasteiger partial charge in [-0.3, -0.25) is 0 Å². The molecule has 1 atom stereocenters. The molecule has 2 rings (SSSR count). The Hall–Kier alpha value is -0.900. The summed E-state index contributed by atoms with van der Waals surface area (Å²) in [6.07, 6.45) is 0. The van der Waals surface area contributed by atoms with Crippen LogP contribution in [0.25, 0.3) is 0 Å². The predicted molar refractivity (Wildman–Crippen MR) is 61.8 cm³/mol. The fourth-order valence-electron chi connectivity index (χ4n) is 1.42. The van der Waals surface area contributed by atoms with Crippen LogP contribution < -0.4 is 5.73 Å². The van der Waals surface area contributed by atoms with Crippen LogP contribution in [0.2, 0.25) is 5.02 Å². The summed E-state index contributed by atoms with van der Waals surface area (Å²) in [5, 5.41) is 2.28. The van der Waals surface area contributed by atoms with E-state index in [1.54, 1.807) is 12.1 Å². The van der Waals surface area contributed by atoms with Crippen molar-refractivity contribution >= 4 is 22.9 Å². The van der Waals surface area contributed by atoms with Crippen LogP contribution in [0, 0.1) is 5.82 Å². The van der Waals surface area contributed by atoms with Gasteiger partial charge in [0.15, 0.2) is 0 Å². The average Bonchev–Trinajstić information content (AvgIpc) is 2.69. The lowest BCUT2D eigenvalue weighted by Gasteiger charge is -2.12. The van der Waals surface area contributed by atoms with Crippen LogP contribution in [-0.2, 0) is 0 Å². The van der Waals surface area contributed by atoms with Crippen molar-refractivity contribution in [3.8, 4) is 0 Å². The van der Waals surface area contributed by atoms with Crippen molar-refractivity contribution in [3.05, 3.63) is 57.0 Å². The molecule has 0 bridgehead atoms. The Morgan fingerprint density at radius 2 is 2.07 bits per heavy atom. The third-order valence-electron chi connectivity index (χ3n) is 2.16. The molecule has 1 heterocycles. The van der Waals surface area contributed by atoms with E-state index in [1.807, 2.05) is 17.5 Å². The monoisotopic (exact) mass is 241 g/mol. The summed E-state index contributed by atoms with van der Waals surface area (Å²) in [6.45, 7) is 0. The molecule has 0 amide bonds. The van der Waals surface area contributed by atoms with E-state index < -0.39 is 6.04 Å². The average molecular weight is 242 g/mol. The van der Waals surface area contributed by atoms with Gasteiger partial charge in [-0.05, 0) is 23.6 Å². The van der Waals surface area contributed by atoms with E-state index in [-0.39, 0.29) is 5.82 Å². The van der Waals surface area contributed by atoms with Crippen molar-refractivity contribution in [1.82, 2.24) is 0 Å². The molecule has 0 radical (unpaired) electrons. The third kappa shape index (κ3) is 2.04. The zero-order chi connectivity index (χ0) is 10.8. The molecule has 0 saturated heterocycles. The number of nitrogens with two attached hydrogens (primary N) is 1. The smallest absolute Gasteiger partial charge is 0.129 e. The highest BCUT2D eigenvalue weighted by Crippen LogP contribution is 2.30. The maximum absolute atomic E-state index is 13.5. The Balaban J connectivity index is 2.46. The van der Waals surface area contributed by atoms with E-state index in [2.05, 4.69) is 0 Å². The lowest BCUT2D eigenvalue weighted by atomic mass is 10.1. The van der Waals surface area contributed by atoms with Crippen LogP contribution in [0.4, 0.5) is 4.39 Å². The van der Waals surface area contributed by atoms with Gasteiger partial charge in [0.2, 0.25) is 0 Å². The number of halogens is 2. The van der Waals surface area contributed by atoms with Gasteiger partial charge in [-0.15, -0.1) is 11.3 Å².